The third-order valence-electron chi connectivity index (χ3n) is 2.78. The Morgan fingerprint density at radius 1 is 1.16 bits per heavy atom. The Morgan fingerprint density at radius 2 is 1.84 bits per heavy atom. The summed E-state index contributed by atoms with van der Waals surface area (Å²) >= 11 is 0. The predicted octanol–water partition coefficient (Wildman–Crippen LogP) is 2.38. The Morgan fingerprint density at radius 3 is 2.42 bits per heavy atom. The Labute approximate surface area is 112 Å². The van der Waals surface area contributed by atoms with Crippen molar-refractivity contribution < 1.29 is 13.6 Å². The van der Waals surface area contributed by atoms with Crippen molar-refractivity contribution in [1.29, 1.82) is 0 Å². The summed E-state index contributed by atoms with van der Waals surface area (Å²) in [5.41, 5.74) is -0.202. The van der Waals surface area contributed by atoms with E-state index in [1.807, 2.05) is 25.9 Å². The molecule has 0 unspecified atom stereocenters. The second-order valence-electron chi connectivity index (χ2n) is 4.70. The highest BCUT2D eigenvalue weighted by Crippen LogP contribution is 2.14. The highest BCUT2D eigenvalue weighted by molar-refractivity contribution is 5.94. The number of halogens is 2. The van der Waals surface area contributed by atoms with Gasteiger partial charge in [0.15, 0.2) is 11.6 Å². The van der Waals surface area contributed by atoms with Crippen molar-refractivity contribution in [3.8, 4) is 0 Å². The molecule has 0 radical (unpaired) electrons. The van der Waals surface area contributed by atoms with Crippen molar-refractivity contribution in [3.05, 3.63) is 35.4 Å². The van der Waals surface area contributed by atoms with Crippen LogP contribution in [0.25, 0.3) is 0 Å². The van der Waals surface area contributed by atoms with Gasteiger partial charge in [-0.2, -0.15) is 0 Å². The van der Waals surface area contributed by atoms with Gasteiger partial charge in [-0.15, -0.1) is 0 Å². The highest BCUT2D eigenvalue weighted by atomic mass is 19.2. The third-order valence-corrected chi connectivity index (χ3v) is 2.78. The van der Waals surface area contributed by atoms with Gasteiger partial charge in [0.2, 0.25) is 0 Å². The average molecular weight is 270 g/mol. The fourth-order valence-corrected chi connectivity index (χ4v) is 1.74. The number of nitrogens with zero attached hydrogens (tertiary/aromatic N) is 2. The van der Waals surface area contributed by atoms with Gasteiger partial charge in [-0.1, -0.05) is 13.0 Å². The number of likely N-dealkylation sites (N-methyl/N-ethyl adjacent to an activating group) is 1. The lowest BCUT2D eigenvalue weighted by molar-refractivity contribution is 0.0739. The Kier molecular flexibility index (Phi) is 5.89. The molecule has 0 aliphatic carbocycles. The van der Waals surface area contributed by atoms with Crippen LogP contribution in [0.1, 0.15) is 23.7 Å². The molecule has 0 saturated carbocycles. The van der Waals surface area contributed by atoms with E-state index < -0.39 is 17.5 Å². The molecular formula is C14H20F2N2O. The molecule has 0 spiro atoms. The van der Waals surface area contributed by atoms with Gasteiger partial charge in [0.05, 0.1) is 5.56 Å². The van der Waals surface area contributed by atoms with Gasteiger partial charge in [0.1, 0.15) is 0 Å². The van der Waals surface area contributed by atoms with Crippen molar-refractivity contribution in [2.75, 3.05) is 33.7 Å². The van der Waals surface area contributed by atoms with Crippen LogP contribution in [0, 0.1) is 11.6 Å². The lowest BCUT2D eigenvalue weighted by atomic mass is 10.1. The summed E-state index contributed by atoms with van der Waals surface area (Å²) in [6, 6.07) is 3.68. The molecule has 1 aromatic rings. The average Bonchev–Trinajstić information content (AvgIpc) is 2.37. The summed E-state index contributed by atoms with van der Waals surface area (Å²) in [6.45, 7) is 3.65. The van der Waals surface area contributed by atoms with Crippen molar-refractivity contribution >= 4 is 5.91 Å². The topological polar surface area (TPSA) is 23.6 Å². The van der Waals surface area contributed by atoms with Gasteiger partial charge in [0.25, 0.3) is 5.91 Å². The van der Waals surface area contributed by atoms with Gasteiger partial charge in [-0.05, 0) is 32.6 Å². The fourth-order valence-electron chi connectivity index (χ4n) is 1.74. The predicted molar refractivity (Wildman–Crippen MR) is 71.1 cm³/mol. The maximum Gasteiger partial charge on any atom is 0.256 e. The molecule has 0 fully saturated rings. The SMILES string of the molecule is CCCN(CCN(C)C)C(=O)c1cccc(F)c1F. The molecule has 1 amide bonds. The smallest absolute Gasteiger partial charge is 0.256 e. The first kappa shape index (κ1) is 15.6. The quantitative estimate of drug-likeness (QED) is 0.792. The fraction of sp³-hybridized carbons (Fsp3) is 0.500. The van der Waals surface area contributed by atoms with Crippen LogP contribution in [0.15, 0.2) is 18.2 Å². The Balaban J connectivity index is 2.89. The first-order chi connectivity index (χ1) is 8.97. The van der Waals surface area contributed by atoms with Crippen molar-refractivity contribution in [2.24, 2.45) is 0 Å². The van der Waals surface area contributed by atoms with Crippen LogP contribution < -0.4 is 0 Å². The van der Waals surface area contributed by atoms with E-state index >= 15 is 0 Å². The van der Waals surface area contributed by atoms with Crippen molar-refractivity contribution in [2.45, 2.75) is 13.3 Å². The minimum atomic E-state index is -1.07. The third kappa shape index (κ3) is 4.28. The molecule has 0 saturated heterocycles. The Bertz CT molecular complexity index is 435. The molecule has 19 heavy (non-hydrogen) atoms. The number of hydrogen-bond acceptors (Lipinski definition) is 2. The largest absolute Gasteiger partial charge is 0.337 e. The summed E-state index contributed by atoms with van der Waals surface area (Å²) < 4.78 is 26.8. The summed E-state index contributed by atoms with van der Waals surface area (Å²) in [6.07, 6.45) is 0.774. The molecule has 0 atom stereocenters. The molecule has 106 valence electrons. The second-order valence-corrected chi connectivity index (χ2v) is 4.70. The van der Waals surface area contributed by atoms with Crippen molar-refractivity contribution in [1.82, 2.24) is 9.80 Å². The lowest BCUT2D eigenvalue weighted by Crippen LogP contribution is -2.37. The maximum absolute atomic E-state index is 13.6. The van der Waals surface area contributed by atoms with Crippen LogP contribution in [0.5, 0.6) is 0 Å². The number of carbonyl (C=O) groups is 1. The van der Waals surface area contributed by atoms with E-state index in [2.05, 4.69) is 0 Å². The molecule has 0 aliphatic heterocycles. The normalized spacial score (nSPS) is 10.8. The van der Waals surface area contributed by atoms with E-state index in [0.717, 1.165) is 12.5 Å². The molecule has 3 nitrogen and oxygen atoms in total. The summed E-state index contributed by atoms with van der Waals surface area (Å²) in [4.78, 5) is 15.7. The lowest BCUT2D eigenvalue weighted by Gasteiger charge is -2.24. The Hall–Kier alpha value is -1.49. The first-order valence-corrected chi connectivity index (χ1v) is 6.35. The van der Waals surface area contributed by atoms with Gasteiger partial charge in [-0.25, -0.2) is 8.78 Å². The van der Waals surface area contributed by atoms with E-state index in [-0.39, 0.29) is 5.56 Å². The summed E-state index contributed by atoms with van der Waals surface area (Å²) in [7, 11) is 3.80. The van der Waals surface area contributed by atoms with E-state index in [1.54, 1.807) is 4.90 Å². The second kappa shape index (κ2) is 7.19. The van der Waals surface area contributed by atoms with Crippen LogP contribution in [0.4, 0.5) is 8.78 Å². The van der Waals surface area contributed by atoms with Crippen LogP contribution in [0.3, 0.4) is 0 Å². The van der Waals surface area contributed by atoms with Crippen LogP contribution in [-0.4, -0.2) is 49.4 Å². The zero-order valence-corrected chi connectivity index (χ0v) is 11.6. The van der Waals surface area contributed by atoms with Gasteiger partial charge in [0, 0.05) is 19.6 Å². The molecule has 1 aromatic carbocycles. The van der Waals surface area contributed by atoms with Crippen LogP contribution in [-0.2, 0) is 0 Å². The monoisotopic (exact) mass is 270 g/mol. The molecule has 5 heteroatoms. The van der Waals surface area contributed by atoms with Crippen LogP contribution in [0.2, 0.25) is 0 Å². The van der Waals surface area contributed by atoms with E-state index in [0.29, 0.717) is 19.6 Å². The number of hydrogen-bond donors (Lipinski definition) is 0. The van der Waals surface area contributed by atoms with Gasteiger partial charge in [-0.3, -0.25) is 4.79 Å². The molecule has 0 heterocycles. The van der Waals surface area contributed by atoms with Gasteiger partial charge >= 0.3 is 0 Å². The van der Waals surface area contributed by atoms with Crippen molar-refractivity contribution in [3.63, 3.8) is 0 Å². The number of carbonyl (C=O) groups excluding carboxylic acids is 1. The van der Waals surface area contributed by atoms with E-state index in [1.165, 1.54) is 12.1 Å². The number of benzene rings is 1. The number of amides is 1. The molecule has 0 aromatic heterocycles. The molecule has 0 aliphatic rings. The minimum Gasteiger partial charge on any atom is -0.337 e. The molecule has 0 bridgehead atoms. The summed E-state index contributed by atoms with van der Waals surface area (Å²) in [5, 5.41) is 0. The molecule has 1 rings (SSSR count). The standard InChI is InChI=1S/C14H20F2N2O/c1-4-8-18(10-9-17(2)3)14(19)11-6-5-7-12(15)13(11)16/h5-7H,4,8-10H2,1-3H3. The van der Waals surface area contributed by atoms with E-state index in [4.69, 9.17) is 0 Å². The number of rotatable bonds is 6. The van der Waals surface area contributed by atoms with Crippen LogP contribution >= 0.6 is 0 Å². The molecule has 0 N–H and O–H groups in total. The maximum atomic E-state index is 13.6. The zero-order chi connectivity index (χ0) is 14.4. The first-order valence-electron chi connectivity index (χ1n) is 6.35. The zero-order valence-electron chi connectivity index (χ0n) is 11.6. The molecular weight excluding hydrogens is 250 g/mol. The highest BCUT2D eigenvalue weighted by Gasteiger charge is 2.20. The van der Waals surface area contributed by atoms with Gasteiger partial charge < -0.3 is 9.80 Å². The van der Waals surface area contributed by atoms with E-state index in [9.17, 15) is 13.6 Å². The summed E-state index contributed by atoms with van der Waals surface area (Å²) in [5.74, 6) is -2.52. The minimum absolute atomic E-state index is 0.202.